The molecule has 7 nitrogen and oxygen atoms in total. The second kappa shape index (κ2) is 7.42. The van der Waals surface area contributed by atoms with Gasteiger partial charge in [-0.05, 0) is 34.0 Å². The van der Waals surface area contributed by atoms with Gasteiger partial charge in [-0.2, -0.15) is 5.10 Å². The molecule has 122 valence electrons. The van der Waals surface area contributed by atoms with E-state index >= 15 is 0 Å². The molecule has 0 unspecified atom stereocenters. The van der Waals surface area contributed by atoms with Crippen molar-refractivity contribution in [1.29, 1.82) is 0 Å². The number of fused-ring (bicyclic) bond motifs is 1. The molecule has 2 aromatic heterocycles. The highest BCUT2D eigenvalue weighted by Crippen LogP contribution is 2.28. The topological polar surface area (TPSA) is 83.3 Å². The van der Waals surface area contributed by atoms with Crippen molar-refractivity contribution in [2.45, 2.75) is 13.3 Å². The number of aromatic carboxylic acids is 1. The van der Waals surface area contributed by atoms with Gasteiger partial charge in [0.25, 0.3) is 0 Å². The van der Waals surface area contributed by atoms with E-state index in [1.807, 2.05) is 21.0 Å². The Morgan fingerprint density at radius 1 is 1.45 bits per heavy atom. The van der Waals surface area contributed by atoms with Crippen LogP contribution in [0.3, 0.4) is 0 Å². The van der Waals surface area contributed by atoms with E-state index in [1.165, 1.54) is 6.20 Å². The number of rotatable bonds is 6. The van der Waals surface area contributed by atoms with Crippen molar-refractivity contribution in [1.82, 2.24) is 19.7 Å². The number of halogens is 1. The molecule has 0 aliphatic rings. The van der Waals surface area contributed by atoms with Crippen LogP contribution in [0.2, 0.25) is 0 Å². The van der Waals surface area contributed by atoms with Crippen molar-refractivity contribution < 1.29 is 9.90 Å². The molecule has 0 saturated carbocycles. The number of nitrogens with one attached hydrogen (secondary N) is 1. The fourth-order valence-electron chi connectivity index (χ4n) is 2.37. The smallest absolute Gasteiger partial charge is 0.339 e. The van der Waals surface area contributed by atoms with Crippen LogP contribution in [0.5, 0.6) is 0 Å². The van der Waals surface area contributed by atoms with Crippen LogP contribution in [0, 0.1) is 6.92 Å². The van der Waals surface area contributed by atoms with Gasteiger partial charge in [-0.15, -0.1) is 12.4 Å². The van der Waals surface area contributed by atoms with E-state index in [2.05, 4.69) is 20.3 Å². The fourth-order valence-corrected chi connectivity index (χ4v) is 2.37. The Bertz CT molecular complexity index is 669. The molecule has 0 spiro atoms. The highest BCUT2D eigenvalue weighted by atomic mass is 35.5. The Labute approximate surface area is 135 Å². The molecule has 2 N–H and O–H groups in total. The van der Waals surface area contributed by atoms with E-state index in [9.17, 15) is 9.90 Å². The number of carbonyl (C=O) groups is 1. The van der Waals surface area contributed by atoms with Crippen LogP contribution < -0.4 is 5.32 Å². The first kappa shape index (κ1) is 18.2. The maximum Gasteiger partial charge on any atom is 0.339 e. The average Bonchev–Trinajstić information content (AvgIpc) is 2.69. The van der Waals surface area contributed by atoms with E-state index in [-0.39, 0.29) is 18.0 Å². The number of hydrogen-bond acceptors (Lipinski definition) is 5. The van der Waals surface area contributed by atoms with Crippen LogP contribution in [0.15, 0.2) is 6.20 Å². The number of carboxylic acid groups (broad SMARTS) is 1. The van der Waals surface area contributed by atoms with Crippen LogP contribution in [0.1, 0.15) is 22.5 Å². The summed E-state index contributed by atoms with van der Waals surface area (Å²) in [6.45, 7) is 3.50. The molecular formula is C14H22ClN5O2. The van der Waals surface area contributed by atoms with Gasteiger partial charge in [-0.1, -0.05) is 0 Å². The first-order chi connectivity index (χ1) is 9.91. The lowest BCUT2D eigenvalue weighted by atomic mass is 10.1. The summed E-state index contributed by atoms with van der Waals surface area (Å²) < 4.78 is 1.67. The van der Waals surface area contributed by atoms with Crippen LogP contribution in [-0.2, 0) is 7.05 Å². The summed E-state index contributed by atoms with van der Waals surface area (Å²) >= 11 is 0. The van der Waals surface area contributed by atoms with Gasteiger partial charge in [0.1, 0.15) is 5.56 Å². The molecular weight excluding hydrogens is 306 g/mol. The summed E-state index contributed by atoms with van der Waals surface area (Å²) in [6, 6.07) is 0. The molecule has 22 heavy (non-hydrogen) atoms. The molecule has 2 heterocycles. The highest BCUT2D eigenvalue weighted by molar-refractivity contribution is 6.04. The Morgan fingerprint density at radius 2 is 2.14 bits per heavy atom. The zero-order valence-corrected chi connectivity index (χ0v) is 14.1. The summed E-state index contributed by atoms with van der Waals surface area (Å²) in [5.41, 5.74) is 2.26. The van der Waals surface area contributed by atoms with Crippen LogP contribution >= 0.6 is 12.4 Å². The quantitative estimate of drug-likeness (QED) is 0.787. The molecule has 0 aliphatic carbocycles. The molecule has 0 radical (unpaired) electrons. The van der Waals surface area contributed by atoms with Crippen LogP contribution in [-0.4, -0.2) is 57.9 Å². The van der Waals surface area contributed by atoms with Crippen LogP contribution in [0.25, 0.3) is 11.0 Å². The van der Waals surface area contributed by atoms with Gasteiger partial charge in [-0.25, -0.2) is 9.78 Å². The number of aromatic nitrogens is 3. The van der Waals surface area contributed by atoms with Crippen molar-refractivity contribution in [3.8, 4) is 0 Å². The molecule has 8 heteroatoms. The lowest BCUT2D eigenvalue weighted by Gasteiger charge is -2.13. The maximum atomic E-state index is 11.4. The third-order valence-corrected chi connectivity index (χ3v) is 3.34. The summed E-state index contributed by atoms with van der Waals surface area (Å²) in [4.78, 5) is 17.7. The fraction of sp³-hybridized carbons (Fsp3) is 0.500. The molecule has 2 aromatic rings. The molecule has 0 saturated heterocycles. The SMILES string of the molecule is Cc1nn(C)c2ncc(C(=O)O)c(NCCCN(C)C)c12.Cl. The summed E-state index contributed by atoms with van der Waals surface area (Å²) in [5, 5.41) is 17.7. The van der Waals surface area contributed by atoms with E-state index in [4.69, 9.17) is 0 Å². The van der Waals surface area contributed by atoms with Crippen molar-refractivity contribution in [3.63, 3.8) is 0 Å². The van der Waals surface area contributed by atoms with Gasteiger partial charge in [0.2, 0.25) is 0 Å². The molecule has 2 rings (SSSR count). The minimum absolute atomic E-state index is 0. The number of anilines is 1. The van der Waals surface area contributed by atoms with Gasteiger partial charge < -0.3 is 15.3 Å². The number of carboxylic acids is 1. The second-order valence-corrected chi connectivity index (χ2v) is 5.34. The normalized spacial score (nSPS) is 10.8. The largest absolute Gasteiger partial charge is 0.478 e. The number of pyridine rings is 1. The lowest BCUT2D eigenvalue weighted by Crippen LogP contribution is -2.17. The minimum atomic E-state index is -0.984. The summed E-state index contributed by atoms with van der Waals surface area (Å²) in [7, 11) is 5.83. The van der Waals surface area contributed by atoms with Crippen molar-refractivity contribution in [2.24, 2.45) is 7.05 Å². The Kier molecular flexibility index (Phi) is 6.13. The molecule has 0 fully saturated rings. The number of hydrogen-bond donors (Lipinski definition) is 2. The van der Waals surface area contributed by atoms with Gasteiger partial charge in [0, 0.05) is 19.8 Å². The molecule has 0 aromatic carbocycles. The minimum Gasteiger partial charge on any atom is -0.478 e. The van der Waals surface area contributed by atoms with Gasteiger partial charge in [-0.3, -0.25) is 4.68 Å². The van der Waals surface area contributed by atoms with Crippen molar-refractivity contribution in [2.75, 3.05) is 32.5 Å². The third-order valence-electron chi connectivity index (χ3n) is 3.34. The first-order valence-electron chi connectivity index (χ1n) is 6.86. The number of nitrogens with zero attached hydrogens (tertiary/aromatic N) is 4. The van der Waals surface area contributed by atoms with E-state index in [0.29, 0.717) is 17.9 Å². The predicted octanol–water partition coefficient (Wildman–Crippen LogP) is 1.76. The Balaban J connectivity index is 0.00000242. The van der Waals surface area contributed by atoms with E-state index < -0.39 is 5.97 Å². The third kappa shape index (κ3) is 3.66. The molecule has 0 atom stereocenters. The second-order valence-electron chi connectivity index (χ2n) is 5.34. The summed E-state index contributed by atoms with van der Waals surface area (Å²) in [6.07, 6.45) is 2.31. The zero-order valence-electron chi connectivity index (χ0n) is 13.3. The van der Waals surface area contributed by atoms with Gasteiger partial charge in [0.05, 0.1) is 16.8 Å². The van der Waals surface area contributed by atoms with Crippen LogP contribution in [0.4, 0.5) is 5.69 Å². The van der Waals surface area contributed by atoms with Gasteiger partial charge in [0.15, 0.2) is 5.65 Å². The zero-order chi connectivity index (χ0) is 15.6. The van der Waals surface area contributed by atoms with Crippen molar-refractivity contribution >= 4 is 35.1 Å². The highest BCUT2D eigenvalue weighted by Gasteiger charge is 2.18. The molecule has 0 aliphatic heterocycles. The average molecular weight is 328 g/mol. The van der Waals surface area contributed by atoms with E-state index in [0.717, 1.165) is 24.0 Å². The Morgan fingerprint density at radius 3 is 2.73 bits per heavy atom. The predicted molar refractivity (Wildman–Crippen MR) is 89.1 cm³/mol. The standard InChI is InChI=1S/C14H21N5O2.ClH/c1-9-11-12(15-6-5-7-18(2)3)10(14(20)21)8-16-13(11)19(4)17-9;/h8H,5-7H2,1-4H3,(H,15,16)(H,20,21);1H. The first-order valence-corrected chi connectivity index (χ1v) is 6.86. The maximum absolute atomic E-state index is 11.4. The van der Waals surface area contributed by atoms with Gasteiger partial charge >= 0.3 is 5.97 Å². The lowest BCUT2D eigenvalue weighted by molar-refractivity contribution is 0.0697. The monoisotopic (exact) mass is 327 g/mol. The molecule has 0 bridgehead atoms. The van der Waals surface area contributed by atoms with E-state index in [1.54, 1.807) is 11.7 Å². The Hall–Kier alpha value is -1.86. The number of aryl methyl sites for hydroxylation is 2. The summed E-state index contributed by atoms with van der Waals surface area (Å²) in [5.74, 6) is -0.984. The molecule has 0 amide bonds. The van der Waals surface area contributed by atoms with Crippen molar-refractivity contribution in [3.05, 3.63) is 17.5 Å².